The van der Waals surface area contributed by atoms with Gasteiger partial charge in [-0.3, -0.25) is 0 Å². The minimum Gasteiger partial charge on any atom is -0.389 e. The number of nitrogens with zero attached hydrogens (tertiary/aromatic N) is 3. The van der Waals surface area contributed by atoms with Crippen LogP contribution in [0.5, 0.6) is 0 Å². The summed E-state index contributed by atoms with van der Waals surface area (Å²) in [6.45, 7) is 0.718. The molecule has 0 fully saturated rings. The molecule has 5 nitrogen and oxygen atoms in total. The largest absolute Gasteiger partial charge is 0.389 e. The second kappa shape index (κ2) is 8.83. The van der Waals surface area contributed by atoms with Crippen molar-refractivity contribution in [2.75, 3.05) is 25.1 Å². The fraction of sp³-hybridized carbons (Fsp3) is 0.300. The third-order valence-electron chi connectivity index (χ3n) is 4.06. The highest BCUT2D eigenvalue weighted by Crippen LogP contribution is 2.26. The fourth-order valence-corrected chi connectivity index (χ4v) is 2.81. The van der Waals surface area contributed by atoms with Gasteiger partial charge >= 0.3 is 0 Å². The van der Waals surface area contributed by atoms with Gasteiger partial charge in [-0.25, -0.2) is 18.7 Å². The summed E-state index contributed by atoms with van der Waals surface area (Å²) in [6, 6.07) is 16.6. The summed E-state index contributed by atoms with van der Waals surface area (Å²) in [7, 11) is 1.70. The monoisotopic (exact) mass is 373 g/mol. The van der Waals surface area contributed by atoms with Crippen molar-refractivity contribution in [3.8, 4) is 0 Å². The second-order valence-corrected chi connectivity index (χ2v) is 6.26. The molecule has 0 spiro atoms. The number of halogens is 2. The van der Waals surface area contributed by atoms with E-state index in [9.17, 15) is 13.9 Å². The van der Waals surface area contributed by atoms with Crippen molar-refractivity contribution in [3.05, 3.63) is 66.0 Å². The van der Waals surface area contributed by atoms with Crippen molar-refractivity contribution in [2.24, 2.45) is 0 Å². The van der Waals surface area contributed by atoms with Crippen molar-refractivity contribution in [1.82, 2.24) is 9.97 Å². The minimum absolute atomic E-state index is 0.129. The number of hydrogen-bond donors (Lipinski definition) is 1. The lowest BCUT2D eigenvalue weighted by Gasteiger charge is -2.23. The number of rotatable bonds is 8. The maximum Gasteiger partial charge on any atom is 0.297 e. The van der Waals surface area contributed by atoms with Gasteiger partial charge in [-0.05, 0) is 17.7 Å². The number of aliphatic hydroxyl groups is 1. The highest BCUT2D eigenvalue weighted by Gasteiger charge is 2.18. The molecular weight excluding hydrogens is 352 g/mol. The van der Waals surface area contributed by atoms with Gasteiger partial charge in [0.15, 0.2) is 5.82 Å². The third kappa shape index (κ3) is 4.96. The number of hydrogen-bond acceptors (Lipinski definition) is 5. The molecule has 3 rings (SSSR count). The van der Waals surface area contributed by atoms with Gasteiger partial charge in [-0.1, -0.05) is 42.5 Å². The fourth-order valence-electron chi connectivity index (χ4n) is 2.81. The Morgan fingerprint density at radius 3 is 2.48 bits per heavy atom. The maximum absolute atomic E-state index is 13.1. The first kappa shape index (κ1) is 19.1. The summed E-state index contributed by atoms with van der Waals surface area (Å²) in [5, 5.41) is 10.9. The zero-order chi connectivity index (χ0) is 19.2. The van der Waals surface area contributed by atoms with Crippen LogP contribution >= 0.6 is 0 Å². The quantitative estimate of drug-likeness (QED) is 0.654. The minimum atomic E-state index is -2.76. The zero-order valence-corrected chi connectivity index (χ0v) is 14.9. The van der Waals surface area contributed by atoms with E-state index < -0.39 is 18.4 Å². The van der Waals surface area contributed by atoms with Crippen LogP contribution in [0.4, 0.5) is 14.6 Å². The number of likely N-dealkylation sites (N-methyl/N-ethyl adjacent to an activating group) is 1. The zero-order valence-electron chi connectivity index (χ0n) is 14.9. The molecule has 3 aromatic rings. The molecule has 0 saturated carbocycles. The van der Waals surface area contributed by atoms with Crippen LogP contribution in [0, 0.1) is 0 Å². The average molecular weight is 373 g/mol. The van der Waals surface area contributed by atoms with Crippen LogP contribution in [0.3, 0.4) is 0 Å². The number of aromatic nitrogens is 2. The topological polar surface area (TPSA) is 58.5 Å². The van der Waals surface area contributed by atoms with Gasteiger partial charge in [-0.15, -0.1) is 0 Å². The van der Waals surface area contributed by atoms with Crippen LogP contribution in [-0.4, -0.2) is 41.4 Å². The Balaban J connectivity index is 1.67. The molecule has 7 heteroatoms. The molecular formula is C20H21F2N3O2. The van der Waals surface area contributed by atoms with Crippen molar-refractivity contribution < 1.29 is 18.6 Å². The van der Waals surface area contributed by atoms with Crippen molar-refractivity contribution >= 4 is 16.7 Å². The third-order valence-corrected chi connectivity index (χ3v) is 4.06. The van der Waals surface area contributed by atoms with Gasteiger partial charge in [0, 0.05) is 19.0 Å². The first-order valence-electron chi connectivity index (χ1n) is 8.60. The van der Waals surface area contributed by atoms with Crippen molar-refractivity contribution in [1.29, 1.82) is 0 Å². The van der Waals surface area contributed by atoms with Gasteiger partial charge in [0.05, 0.1) is 24.8 Å². The maximum atomic E-state index is 13.1. The van der Waals surface area contributed by atoms with Crippen LogP contribution in [0.25, 0.3) is 10.9 Å². The SMILES string of the molecule is CN(CC(O)COCc1ccccc1)c1nc(C(F)F)nc2ccccc12. The average Bonchev–Trinajstić information content (AvgIpc) is 2.67. The summed E-state index contributed by atoms with van der Waals surface area (Å²) < 4.78 is 31.8. The Bertz CT molecular complexity index is 877. The number of fused-ring (bicyclic) bond motifs is 1. The predicted molar refractivity (Wildman–Crippen MR) is 99.9 cm³/mol. The summed E-state index contributed by atoms with van der Waals surface area (Å²) in [6.07, 6.45) is -3.55. The predicted octanol–water partition coefficient (Wildman–Crippen LogP) is 3.58. The molecule has 1 atom stereocenters. The van der Waals surface area contributed by atoms with E-state index in [1.165, 1.54) is 0 Å². The molecule has 142 valence electrons. The number of ether oxygens (including phenoxy) is 1. The van der Waals surface area contributed by atoms with E-state index in [0.29, 0.717) is 23.3 Å². The Morgan fingerprint density at radius 1 is 1.04 bits per heavy atom. The molecule has 0 radical (unpaired) electrons. The van der Waals surface area contributed by atoms with Crippen LogP contribution in [0.15, 0.2) is 54.6 Å². The normalized spacial score (nSPS) is 12.5. The van der Waals surface area contributed by atoms with E-state index in [2.05, 4.69) is 9.97 Å². The van der Waals surface area contributed by atoms with E-state index in [-0.39, 0.29) is 13.2 Å². The van der Waals surface area contributed by atoms with E-state index in [1.807, 2.05) is 30.3 Å². The standard InChI is InChI=1S/C20H21F2N3O2/c1-25(11-15(26)13-27-12-14-7-3-2-4-8-14)20-16-9-5-6-10-17(16)23-19(24-20)18(21)22/h2-10,15,18,26H,11-13H2,1H3. The summed E-state index contributed by atoms with van der Waals surface area (Å²) in [5.41, 5.74) is 1.46. The van der Waals surface area contributed by atoms with Gasteiger partial charge in [-0.2, -0.15) is 0 Å². The second-order valence-electron chi connectivity index (χ2n) is 6.26. The molecule has 0 aliphatic rings. The molecule has 1 aromatic heterocycles. The lowest BCUT2D eigenvalue weighted by Crippen LogP contribution is -2.33. The lowest BCUT2D eigenvalue weighted by atomic mass is 10.2. The van der Waals surface area contributed by atoms with Crippen LogP contribution in [0.2, 0.25) is 0 Å². The highest BCUT2D eigenvalue weighted by atomic mass is 19.3. The number of benzene rings is 2. The molecule has 1 N–H and O–H groups in total. The van der Waals surface area contributed by atoms with Gasteiger partial charge in [0.2, 0.25) is 0 Å². The smallest absolute Gasteiger partial charge is 0.297 e. The molecule has 0 bridgehead atoms. The molecule has 0 saturated heterocycles. The van der Waals surface area contributed by atoms with Gasteiger partial charge in [0.25, 0.3) is 6.43 Å². The summed E-state index contributed by atoms with van der Waals surface area (Å²) in [5.74, 6) is -0.164. The summed E-state index contributed by atoms with van der Waals surface area (Å²) >= 11 is 0. The van der Waals surface area contributed by atoms with Crippen LogP contribution in [0.1, 0.15) is 17.8 Å². The van der Waals surface area contributed by atoms with E-state index >= 15 is 0 Å². The number of alkyl halides is 2. The van der Waals surface area contributed by atoms with E-state index in [1.54, 1.807) is 36.2 Å². The first-order valence-corrected chi connectivity index (χ1v) is 8.60. The van der Waals surface area contributed by atoms with E-state index in [4.69, 9.17) is 4.74 Å². The Kier molecular flexibility index (Phi) is 6.26. The number of aliphatic hydroxyl groups excluding tert-OH is 1. The molecule has 1 heterocycles. The molecule has 0 aliphatic heterocycles. The Labute approximate surface area is 156 Å². The molecule has 0 aliphatic carbocycles. The van der Waals surface area contributed by atoms with Crippen LogP contribution in [-0.2, 0) is 11.3 Å². The lowest BCUT2D eigenvalue weighted by molar-refractivity contribution is 0.0324. The van der Waals surface area contributed by atoms with Gasteiger partial charge in [0.1, 0.15) is 5.82 Å². The number of anilines is 1. The van der Waals surface area contributed by atoms with Crippen LogP contribution < -0.4 is 4.90 Å². The highest BCUT2D eigenvalue weighted by molar-refractivity contribution is 5.89. The first-order chi connectivity index (χ1) is 13.0. The number of para-hydroxylation sites is 1. The molecule has 2 aromatic carbocycles. The molecule has 0 amide bonds. The van der Waals surface area contributed by atoms with Crippen molar-refractivity contribution in [3.63, 3.8) is 0 Å². The Morgan fingerprint density at radius 2 is 1.74 bits per heavy atom. The van der Waals surface area contributed by atoms with E-state index in [0.717, 1.165) is 5.56 Å². The summed E-state index contributed by atoms with van der Waals surface area (Å²) in [4.78, 5) is 9.54. The Hall–Kier alpha value is -2.64. The van der Waals surface area contributed by atoms with Crippen molar-refractivity contribution in [2.45, 2.75) is 19.1 Å². The molecule has 27 heavy (non-hydrogen) atoms. The molecule has 1 unspecified atom stereocenters. The van der Waals surface area contributed by atoms with Gasteiger partial charge < -0.3 is 14.7 Å².